The van der Waals surface area contributed by atoms with Crippen molar-refractivity contribution in [2.75, 3.05) is 20.3 Å². The van der Waals surface area contributed by atoms with Crippen LogP contribution in [-0.2, 0) is 11.2 Å². The van der Waals surface area contributed by atoms with E-state index in [0.29, 0.717) is 11.9 Å². The molecule has 2 unspecified atom stereocenters. The number of likely N-dealkylation sites (N-methyl/N-ethyl adjacent to an activating group) is 1. The van der Waals surface area contributed by atoms with Crippen LogP contribution in [0.1, 0.15) is 44.8 Å². The van der Waals surface area contributed by atoms with Crippen LogP contribution >= 0.6 is 0 Å². The lowest BCUT2D eigenvalue weighted by atomic mass is 10.0. The monoisotopic (exact) mass is 241 g/mol. The molecule has 98 valence electrons. The Morgan fingerprint density at radius 1 is 1.41 bits per heavy atom. The van der Waals surface area contributed by atoms with Crippen LogP contribution in [0.15, 0.2) is 4.52 Å². The molecule has 0 aliphatic heterocycles. The number of nitrogens with one attached hydrogen (secondary N) is 1. The molecular weight excluding hydrogens is 218 g/mol. The summed E-state index contributed by atoms with van der Waals surface area (Å²) in [6.45, 7) is 7.99. The van der Waals surface area contributed by atoms with Crippen LogP contribution in [0.2, 0.25) is 0 Å². The van der Waals surface area contributed by atoms with Crippen molar-refractivity contribution >= 4 is 0 Å². The molecule has 1 N–H and O–H groups in total. The molecule has 1 rings (SSSR count). The van der Waals surface area contributed by atoms with Crippen LogP contribution in [0.3, 0.4) is 0 Å². The van der Waals surface area contributed by atoms with Crippen molar-refractivity contribution in [3.8, 4) is 0 Å². The molecule has 5 nitrogen and oxygen atoms in total. The summed E-state index contributed by atoms with van der Waals surface area (Å²) in [4.78, 5) is 4.41. The molecule has 0 aromatic carbocycles. The van der Waals surface area contributed by atoms with E-state index < -0.39 is 0 Å². The average molecular weight is 241 g/mol. The van der Waals surface area contributed by atoms with Crippen LogP contribution < -0.4 is 5.32 Å². The van der Waals surface area contributed by atoms with Gasteiger partial charge in [-0.1, -0.05) is 19.0 Å². The Kier molecular flexibility index (Phi) is 6.15. The fraction of sp³-hybridized carbons (Fsp3) is 0.833. The zero-order chi connectivity index (χ0) is 12.7. The minimum Gasteiger partial charge on any atom is -0.385 e. The number of rotatable bonds is 8. The summed E-state index contributed by atoms with van der Waals surface area (Å²) in [5.74, 6) is 1.72. The van der Waals surface area contributed by atoms with E-state index in [1.54, 1.807) is 7.11 Å². The molecule has 1 aromatic heterocycles. The van der Waals surface area contributed by atoms with Gasteiger partial charge < -0.3 is 14.6 Å². The first-order valence-electron chi connectivity index (χ1n) is 6.23. The predicted octanol–water partition coefficient (Wildman–Crippen LogP) is 1.75. The zero-order valence-electron chi connectivity index (χ0n) is 11.2. The summed E-state index contributed by atoms with van der Waals surface area (Å²) in [7, 11) is 1.70. The van der Waals surface area contributed by atoms with Gasteiger partial charge >= 0.3 is 0 Å². The molecule has 0 fully saturated rings. The van der Waals surface area contributed by atoms with E-state index in [9.17, 15) is 0 Å². The maximum absolute atomic E-state index is 5.28. The lowest BCUT2D eigenvalue weighted by Crippen LogP contribution is -2.30. The largest absolute Gasteiger partial charge is 0.385 e. The highest BCUT2D eigenvalue weighted by atomic mass is 16.5. The molecule has 2 atom stereocenters. The molecule has 0 aliphatic rings. The van der Waals surface area contributed by atoms with Gasteiger partial charge in [-0.2, -0.15) is 4.98 Å². The van der Waals surface area contributed by atoms with Gasteiger partial charge in [0.05, 0.1) is 5.92 Å². The summed E-state index contributed by atoms with van der Waals surface area (Å²) >= 11 is 0. The fourth-order valence-corrected chi connectivity index (χ4v) is 1.64. The van der Waals surface area contributed by atoms with Crippen LogP contribution in [0.4, 0.5) is 0 Å². The van der Waals surface area contributed by atoms with E-state index in [4.69, 9.17) is 9.26 Å². The summed E-state index contributed by atoms with van der Waals surface area (Å²) in [6, 6.07) is 0.340. The van der Waals surface area contributed by atoms with E-state index in [1.165, 1.54) is 0 Å². The average Bonchev–Trinajstić information content (AvgIpc) is 2.77. The smallest absolute Gasteiger partial charge is 0.231 e. The molecule has 0 bridgehead atoms. The molecule has 0 spiro atoms. The Balaban J connectivity index is 2.48. The van der Waals surface area contributed by atoms with Gasteiger partial charge in [0.1, 0.15) is 0 Å². The Morgan fingerprint density at radius 2 is 2.18 bits per heavy atom. The van der Waals surface area contributed by atoms with Crippen molar-refractivity contribution in [2.45, 2.75) is 45.6 Å². The highest BCUT2D eigenvalue weighted by Gasteiger charge is 2.19. The zero-order valence-corrected chi connectivity index (χ0v) is 11.2. The number of aryl methyl sites for hydroxylation is 1. The first kappa shape index (κ1) is 14.1. The third kappa shape index (κ3) is 4.44. The number of aromatic nitrogens is 2. The standard InChI is InChI=1S/C12H23N3O2/c1-5-13-10(3)9(2)12-14-11(15-17-12)7-6-8-16-4/h9-10,13H,5-8H2,1-4H3. The van der Waals surface area contributed by atoms with E-state index >= 15 is 0 Å². The number of hydrogen-bond donors (Lipinski definition) is 1. The Hall–Kier alpha value is -0.940. The molecule has 17 heavy (non-hydrogen) atoms. The van der Waals surface area contributed by atoms with Crippen molar-refractivity contribution in [1.29, 1.82) is 0 Å². The minimum absolute atomic E-state index is 0.235. The summed E-state index contributed by atoms with van der Waals surface area (Å²) < 4.78 is 10.3. The van der Waals surface area contributed by atoms with Crippen molar-refractivity contribution in [3.05, 3.63) is 11.7 Å². The fourth-order valence-electron chi connectivity index (χ4n) is 1.64. The van der Waals surface area contributed by atoms with Gasteiger partial charge in [0.25, 0.3) is 0 Å². The van der Waals surface area contributed by atoms with Gasteiger partial charge in [-0.05, 0) is 19.9 Å². The molecule has 1 heterocycles. The number of ether oxygens (including phenoxy) is 1. The molecule has 5 heteroatoms. The van der Waals surface area contributed by atoms with Crippen molar-refractivity contribution in [1.82, 2.24) is 15.5 Å². The predicted molar refractivity (Wildman–Crippen MR) is 66.0 cm³/mol. The highest BCUT2D eigenvalue weighted by molar-refractivity contribution is 4.96. The second kappa shape index (κ2) is 7.40. The number of nitrogens with zero attached hydrogens (tertiary/aromatic N) is 2. The number of hydrogen-bond acceptors (Lipinski definition) is 5. The Bertz CT molecular complexity index is 314. The van der Waals surface area contributed by atoms with Crippen molar-refractivity contribution < 1.29 is 9.26 Å². The van der Waals surface area contributed by atoms with E-state index in [0.717, 1.165) is 31.8 Å². The SMILES string of the molecule is CCNC(C)C(C)c1nc(CCCOC)no1. The molecule has 0 saturated carbocycles. The minimum atomic E-state index is 0.235. The quantitative estimate of drug-likeness (QED) is 0.703. The van der Waals surface area contributed by atoms with Crippen LogP contribution in [0.5, 0.6) is 0 Å². The lowest BCUT2D eigenvalue weighted by molar-refractivity contribution is 0.194. The Labute approximate surface area is 103 Å². The number of methoxy groups -OCH3 is 1. The molecule has 1 aromatic rings. The molecule has 0 aliphatic carbocycles. The van der Waals surface area contributed by atoms with Gasteiger partial charge in [0, 0.05) is 26.2 Å². The highest BCUT2D eigenvalue weighted by Crippen LogP contribution is 2.17. The molecular formula is C12H23N3O2. The maximum Gasteiger partial charge on any atom is 0.231 e. The summed E-state index contributed by atoms with van der Waals surface area (Å²) in [5, 5.41) is 7.34. The molecule has 0 amide bonds. The first-order chi connectivity index (χ1) is 8.19. The van der Waals surface area contributed by atoms with Crippen molar-refractivity contribution in [3.63, 3.8) is 0 Å². The maximum atomic E-state index is 5.28. The third-order valence-electron chi connectivity index (χ3n) is 2.90. The topological polar surface area (TPSA) is 60.2 Å². The van der Waals surface area contributed by atoms with Gasteiger partial charge in [-0.3, -0.25) is 0 Å². The van der Waals surface area contributed by atoms with Gasteiger partial charge in [-0.15, -0.1) is 0 Å². The van der Waals surface area contributed by atoms with Crippen LogP contribution in [0, 0.1) is 0 Å². The third-order valence-corrected chi connectivity index (χ3v) is 2.90. The molecule has 0 saturated heterocycles. The second-order valence-corrected chi connectivity index (χ2v) is 4.28. The van der Waals surface area contributed by atoms with E-state index in [2.05, 4.69) is 36.2 Å². The molecule has 0 radical (unpaired) electrons. The Morgan fingerprint density at radius 3 is 2.82 bits per heavy atom. The normalized spacial score (nSPS) is 14.8. The summed E-state index contributed by atoms with van der Waals surface area (Å²) in [5.41, 5.74) is 0. The van der Waals surface area contributed by atoms with Crippen molar-refractivity contribution in [2.24, 2.45) is 0 Å². The van der Waals surface area contributed by atoms with E-state index in [1.807, 2.05) is 0 Å². The van der Waals surface area contributed by atoms with Gasteiger partial charge in [-0.25, -0.2) is 0 Å². The van der Waals surface area contributed by atoms with Crippen LogP contribution in [0.25, 0.3) is 0 Å². The lowest BCUT2D eigenvalue weighted by Gasteiger charge is -2.16. The summed E-state index contributed by atoms with van der Waals surface area (Å²) in [6.07, 6.45) is 1.73. The van der Waals surface area contributed by atoms with Gasteiger partial charge in [0.2, 0.25) is 5.89 Å². The van der Waals surface area contributed by atoms with Crippen LogP contribution in [-0.4, -0.2) is 36.4 Å². The first-order valence-corrected chi connectivity index (χ1v) is 6.23. The van der Waals surface area contributed by atoms with E-state index in [-0.39, 0.29) is 5.92 Å². The second-order valence-electron chi connectivity index (χ2n) is 4.28. The van der Waals surface area contributed by atoms with Gasteiger partial charge in [0.15, 0.2) is 5.82 Å².